The maximum absolute atomic E-state index is 5.91. The summed E-state index contributed by atoms with van der Waals surface area (Å²) >= 11 is 4.52. The van der Waals surface area contributed by atoms with Crippen LogP contribution in [0.2, 0.25) is 0 Å². The van der Waals surface area contributed by atoms with Crippen LogP contribution in [-0.2, 0) is 6.16 Å². The van der Waals surface area contributed by atoms with Gasteiger partial charge in [-0.2, -0.15) is 0 Å². The summed E-state index contributed by atoms with van der Waals surface area (Å²) in [5.41, 5.74) is 1.29. The van der Waals surface area contributed by atoms with E-state index in [0.717, 1.165) is 31.4 Å². The number of rotatable bonds is 9. The van der Waals surface area contributed by atoms with Crippen LogP contribution in [0.25, 0.3) is 0 Å². The van der Waals surface area contributed by atoms with Crippen LogP contribution in [0.1, 0.15) is 25.3 Å². The predicted octanol–water partition coefficient (Wildman–Crippen LogP) is 7.21. The normalized spacial score (nSPS) is 12.6. The molecule has 0 saturated carbocycles. The second-order valence-electron chi connectivity index (χ2n) is 8.19. The van der Waals surface area contributed by atoms with Crippen LogP contribution in [0.4, 0.5) is 0 Å². The molecule has 4 aromatic rings. The third-order valence-electron chi connectivity index (χ3n) is 6.05. The molecule has 0 radical (unpaired) electrons. The summed E-state index contributed by atoms with van der Waals surface area (Å²) in [4.78, 5) is 0. The summed E-state index contributed by atoms with van der Waals surface area (Å²) in [7, 11) is 0. The van der Waals surface area contributed by atoms with Crippen molar-refractivity contribution in [3.63, 3.8) is 0 Å². The van der Waals surface area contributed by atoms with E-state index in [0.29, 0.717) is 0 Å². The third kappa shape index (κ3) is 4.40. The van der Waals surface area contributed by atoms with Gasteiger partial charge in [0, 0.05) is 0 Å². The fraction of sp³-hybridized carbons (Fsp3) is 0.172. The molecule has 4 aromatic carbocycles. The van der Waals surface area contributed by atoms with Gasteiger partial charge in [0.05, 0.1) is 0 Å². The van der Waals surface area contributed by atoms with Gasteiger partial charge in [0.15, 0.2) is 0 Å². The molecular weight excluding hydrogens is 475 g/mol. The summed E-state index contributed by atoms with van der Waals surface area (Å²) in [6, 6.07) is 41.5. The van der Waals surface area contributed by atoms with Crippen LogP contribution in [-0.4, -0.2) is 6.61 Å². The zero-order chi connectivity index (χ0) is 22.3. The molecule has 164 valence electrons. The first-order valence-corrected chi connectivity index (χ1v) is 15.7. The number of halogens is 1. The van der Waals surface area contributed by atoms with E-state index in [9.17, 15) is 0 Å². The molecule has 0 heterocycles. The minimum absolute atomic E-state index is 0.770. The first kappa shape index (κ1) is 22.8. The van der Waals surface area contributed by atoms with Crippen LogP contribution >= 0.6 is 20.8 Å². The molecule has 0 aliphatic heterocycles. The maximum atomic E-state index is 5.91. The summed E-state index contributed by atoms with van der Waals surface area (Å²) < 4.78 is 5.91. The Labute approximate surface area is 200 Å². The standard InChI is InChI=1S/C29H30BrOP/c1-2-3-23-31-26-21-19-25(20-22-26)24-32(30,27-13-7-4-8-14-27,28-15-9-5-10-16-28)29-17-11-6-12-18-29/h4-22H,2-3,23-24H2,1H3. The Morgan fingerprint density at radius 3 is 1.47 bits per heavy atom. The minimum atomic E-state index is -2.96. The second-order valence-corrected chi connectivity index (χ2v) is 17.1. The Morgan fingerprint density at radius 1 is 0.625 bits per heavy atom. The zero-order valence-corrected chi connectivity index (χ0v) is 21.0. The molecule has 0 saturated heterocycles. The van der Waals surface area contributed by atoms with Crippen molar-refractivity contribution >= 4 is 36.7 Å². The predicted molar refractivity (Wildman–Crippen MR) is 145 cm³/mol. The molecular formula is C29H30BrOP. The first-order chi connectivity index (χ1) is 15.6. The van der Waals surface area contributed by atoms with E-state index >= 15 is 0 Å². The van der Waals surface area contributed by atoms with E-state index in [1.165, 1.54) is 21.5 Å². The van der Waals surface area contributed by atoms with E-state index in [4.69, 9.17) is 4.74 Å². The molecule has 4 rings (SSSR count). The monoisotopic (exact) mass is 504 g/mol. The van der Waals surface area contributed by atoms with Crippen molar-refractivity contribution in [3.8, 4) is 5.75 Å². The van der Waals surface area contributed by atoms with Crippen molar-refractivity contribution in [2.45, 2.75) is 25.9 Å². The Morgan fingerprint density at radius 2 is 1.06 bits per heavy atom. The van der Waals surface area contributed by atoms with Gasteiger partial charge >= 0.3 is 201 Å². The van der Waals surface area contributed by atoms with Crippen LogP contribution in [0.5, 0.6) is 5.75 Å². The molecule has 0 bridgehead atoms. The van der Waals surface area contributed by atoms with Crippen molar-refractivity contribution in [1.29, 1.82) is 0 Å². The van der Waals surface area contributed by atoms with Gasteiger partial charge < -0.3 is 0 Å². The molecule has 0 aliphatic rings. The zero-order valence-electron chi connectivity index (χ0n) is 18.5. The van der Waals surface area contributed by atoms with Gasteiger partial charge in [-0.3, -0.25) is 0 Å². The average Bonchev–Trinajstić information content (AvgIpc) is 2.87. The summed E-state index contributed by atoms with van der Waals surface area (Å²) in [6.07, 6.45) is 3.11. The average molecular weight is 505 g/mol. The summed E-state index contributed by atoms with van der Waals surface area (Å²) in [5.74, 6) is 0.941. The molecule has 0 aliphatic carbocycles. The van der Waals surface area contributed by atoms with Crippen LogP contribution in [0.15, 0.2) is 115 Å². The van der Waals surface area contributed by atoms with Crippen LogP contribution in [0, 0.1) is 0 Å². The molecule has 0 spiro atoms. The molecule has 3 heteroatoms. The van der Waals surface area contributed by atoms with Gasteiger partial charge in [-0.05, 0) is 0 Å². The van der Waals surface area contributed by atoms with Gasteiger partial charge in [-0.1, -0.05) is 0 Å². The third-order valence-corrected chi connectivity index (χ3v) is 15.6. The number of hydrogen-bond acceptors (Lipinski definition) is 1. The van der Waals surface area contributed by atoms with E-state index in [2.05, 4.69) is 138 Å². The van der Waals surface area contributed by atoms with Crippen molar-refractivity contribution in [2.75, 3.05) is 6.61 Å². The molecule has 0 aromatic heterocycles. The fourth-order valence-corrected chi connectivity index (χ4v) is 12.0. The fourth-order valence-electron chi connectivity index (χ4n) is 4.31. The second kappa shape index (κ2) is 10.0. The SMILES string of the molecule is CCCCOc1ccc(CP(Br)(c2ccccc2)(c2ccccc2)c2ccccc2)cc1. The topological polar surface area (TPSA) is 9.23 Å². The molecule has 1 nitrogen and oxygen atoms in total. The number of hydrogen-bond donors (Lipinski definition) is 0. The number of ether oxygens (including phenoxy) is 1. The van der Waals surface area contributed by atoms with Gasteiger partial charge in [-0.25, -0.2) is 0 Å². The van der Waals surface area contributed by atoms with Crippen molar-refractivity contribution in [3.05, 3.63) is 121 Å². The van der Waals surface area contributed by atoms with Crippen molar-refractivity contribution in [1.82, 2.24) is 0 Å². The van der Waals surface area contributed by atoms with E-state index in [-0.39, 0.29) is 0 Å². The van der Waals surface area contributed by atoms with Gasteiger partial charge in [0.1, 0.15) is 0 Å². The quantitative estimate of drug-likeness (QED) is 0.173. The van der Waals surface area contributed by atoms with Crippen LogP contribution < -0.4 is 20.7 Å². The molecule has 0 fully saturated rings. The van der Waals surface area contributed by atoms with Crippen molar-refractivity contribution < 1.29 is 4.74 Å². The Hall–Kier alpha value is -2.41. The number of unbranched alkanes of at least 4 members (excludes halogenated alkanes) is 1. The van der Waals surface area contributed by atoms with E-state index in [1.807, 2.05) is 0 Å². The molecule has 0 amide bonds. The molecule has 0 N–H and O–H groups in total. The van der Waals surface area contributed by atoms with Gasteiger partial charge in [-0.15, -0.1) is 0 Å². The Bertz CT molecular complexity index is 1010. The molecule has 0 unspecified atom stereocenters. The van der Waals surface area contributed by atoms with E-state index < -0.39 is 5.31 Å². The summed E-state index contributed by atoms with van der Waals surface area (Å²) in [5, 5.41) is 1.04. The van der Waals surface area contributed by atoms with E-state index in [1.54, 1.807) is 0 Å². The molecule has 32 heavy (non-hydrogen) atoms. The molecule has 0 atom stereocenters. The van der Waals surface area contributed by atoms with Gasteiger partial charge in [0.2, 0.25) is 0 Å². The summed E-state index contributed by atoms with van der Waals surface area (Å²) in [6.45, 7) is 2.95. The van der Waals surface area contributed by atoms with Crippen LogP contribution in [0.3, 0.4) is 0 Å². The first-order valence-electron chi connectivity index (χ1n) is 11.3. The Balaban J connectivity index is 1.87. The van der Waals surface area contributed by atoms with Gasteiger partial charge in [0.25, 0.3) is 0 Å². The number of benzene rings is 4. The van der Waals surface area contributed by atoms with Crippen molar-refractivity contribution in [2.24, 2.45) is 0 Å². The Kier molecular flexibility index (Phi) is 7.13.